The van der Waals surface area contributed by atoms with Crippen LogP contribution in [0.25, 0.3) is 0 Å². The number of fused-ring (bicyclic) bond motifs is 1. The van der Waals surface area contributed by atoms with Crippen LogP contribution < -0.4 is 5.32 Å². The van der Waals surface area contributed by atoms with Gasteiger partial charge in [-0.25, -0.2) is 0 Å². The first kappa shape index (κ1) is 20.0. The molecular weight excluding hydrogens is 360 g/mol. The molecule has 4 heteroatoms. The zero-order chi connectivity index (χ0) is 20.4. The molecule has 4 nitrogen and oxygen atoms in total. The Hall–Kier alpha value is -0.940. The van der Waals surface area contributed by atoms with Crippen LogP contribution in [0.1, 0.15) is 62.6 Å². The number of hydrogen-bond acceptors (Lipinski definition) is 4. The summed E-state index contributed by atoms with van der Waals surface area (Å²) in [6, 6.07) is 6.96. The minimum absolute atomic E-state index is 0.0229. The maximum absolute atomic E-state index is 12.5. The van der Waals surface area contributed by atoms with Crippen molar-refractivity contribution in [1.29, 1.82) is 0 Å². The molecule has 29 heavy (non-hydrogen) atoms. The van der Waals surface area contributed by atoms with E-state index in [1.54, 1.807) is 0 Å². The smallest absolute Gasteiger partial charge is 0.0918 e. The molecule has 0 spiro atoms. The highest BCUT2D eigenvalue weighted by Gasteiger charge is 2.66. The van der Waals surface area contributed by atoms with Gasteiger partial charge in [0.25, 0.3) is 0 Å². The Kier molecular flexibility index (Phi) is 4.86. The number of hydrogen-bond donors (Lipinski definition) is 3. The summed E-state index contributed by atoms with van der Waals surface area (Å²) in [5.41, 5.74) is 2.89. The molecule has 1 heterocycles. The molecule has 0 aromatic heterocycles. The molecule has 0 radical (unpaired) electrons. The van der Waals surface area contributed by atoms with Crippen molar-refractivity contribution in [2.24, 2.45) is 11.8 Å². The van der Waals surface area contributed by atoms with Crippen molar-refractivity contribution in [2.45, 2.75) is 88.5 Å². The highest BCUT2D eigenvalue weighted by Crippen LogP contribution is 2.58. The zero-order valence-electron chi connectivity index (χ0n) is 18.3. The van der Waals surface area contributed by atoms with Gasteiger partial charge in [0.05, 0.1) is 11.7 Å². The molecule has 5 atom stereocenters. The van der Waals surface area contributed by atoms with Gasteiger partial charge in [-0.1, -0.05) is 37.6 Å². The predicted molar refractivity (Wildman–Crippen MR) is 116 cm³/mol. The van der Waals surface area contributed by atoms with Gasteiger partial charge in [0.2, 0.25) is 0 Å². The van der Waals surface area contributed by atoms with Crippen molar-refractivity contribution in [3.8, 4) is 0 Å². The van der Waals surface area contributed by atoms with Gasteiger partial charge in [-0.05, 0) is 81.5 Å². The van der Waals surface area contributed by atoms with Gasteiger partial charge in [0.1, 0.15) is 0 Å². The molecule has 0 amide bonds. The number of aliphatic hydroxyl groups excluding tert-OH is 1. The lowest BCUT2D eigenvalue weighted by Gasteiger charge is -2.65. The van der Waals surface area contributed by atoms with Crippen molar-refractivity contribution in [2.75, 3.05) is 19.6 Å². The molecule has 1 aliphatic heterocycles. The lowest BCUT2D eigenvalue weighted by molar-refractivity contribution is -0.190. The second-order valence-corrected chi connectivity index (χ2v) is 11.0. The van der Waals surface area contributed by atoms with Gasteiger partial charge >= 0.3 is 0 Å². The monoisotopic (exact) mass is 398 g/mol. The van der Waals surface area contributed by atoms with Crippen LogP contribution in [0.4, 0.5) is 0 Å². The van der Waals surface area contributed by atoms with Gasteiger partial charge in [-0.15, -0.1) is 0 Å². The van der Waals surface area contributed by atoms with E-state index >= 15 is 0 Å². The standard InChI is InChI=1S/C25H38N2O2/c1-16(2)14-26-21-12-25(29)23-11-19-7-4-17(3)10-20(19)24(25,13-22(21)28)8-9-27(23)15-18-5-6-18/h4,7,10,16,18,21-23,26,28-29H,5-6,8-9,11-15H2,1-3H3/t21-,22?,23-,24-,25-/m1/s1. The average Bonchev–Trinajstić information content (AvgIpc) is 3.47. The fourth-order valence-electron chi connectivity index (χ4n) is 6.65. The molecular formula is C25H38N2O2. The normalized spacial score (nSPS) is 39.3. The van der Waals surface area contributed by atoms with E-state index in [0.717, 1.165) is 38.4 Å². The van der Waals surface area contributed by atoms with E-state index in [1.807, 2.05) is 0 Å². The summed E-state index contributed by atoms with van der Waals surface area (Å²) < 4.78 is 0. The molecule has 1 aromatic carbocycles. The second kappa shape index (κ2) is 7.05. The van der Waals surface area contributed by atoms with Gasteiger partial charge in [-0.2, -0.15) is 0 Å². The number of aryl methyl sites for hydroxylation is 1. The largest absolute Gasteiger partial charge is 0.391 e. The van der Waals surface area contributed by atoms with Crippen LogP contribution in [0.2, 0.25) is 0 Å². The third-order valence-corrected chi connectivity index (χ3v) is 8.37. The van der Waals surface area contributed by atoms with Gasteiger partial charge in [0.15, 0.2) is 0 Å². The molecule has 5 rings (SSSR count). The van der Waals surface area contributed by atoms with Gasteiger partial charge in [-0.3, -0.25) is 4.90 Å². The number of benzene rings is 1. The molecule has 2 bridgehead atoms. The fraction of sp³-hybridized carbons (Fsp3) is 0.760. The average molecular weight is 399 g/mol. The van der Waals surface area contributed by atoms with Gasteiger partial charge < -0.3 is 15.5 Å². The van der Waals surface area contributed by atoms with Crippen LogP contribution in [-0.2, 0) is 11.8 Å². The second-order valence-electron chi connectivity index (χ2n) is 11.0. The Morgan fingerprint density at radius 1 is 1.24 bits per heavy atom. The van der Waals surface area contributed by atoms with Crippen LogP contribution >= 0.6 is 0 Å². The SMILES string of the molecule is Cc1ccc2c(c1)[C@]13CCN(CC4CC4)[C@H](C2)[C@]1(O)C[C@@H](NCC(C)C)C(O)C3. The van der Waals surface area contributed by atoms with Crippen LogP contribution in [0.5, 0.6) is 0 Å². The summed E-state index contributed by atoms with van der Waals surface area (Å²) in [5.74, 6) is 1.36. The van der Waals surface area contributed by atoms with Gasteiger partial charge in [0, 0.05) is 24.0 Å². The van der Waals surface area contributed by atoms with Crippen LogP contribution in [0, 0.1) is 18.8 Å². The molecule has 4 aliphatic rings. The van der Waals surface area contributed by atoms with E-state index in [9.17, 15) is 10.2 Å². The van der Waals surface area contributed by atoms with Crippen molar-refractivity contribution in [1.82, 2.24) is 10.2 Å². The molecule has 1 unspecified atom stereocenters. The maximum atomic E-state index is 12.5. The molecule has 3 N–H and O–H groups in total. The fourth-order valence-corrected chi connectivity index (χ4v) is 6.65. The van der Waals surface area contributed by atoms with Crippen molar-refractivity contribution in [3.05, 3.63) is 34.9 Å². The first-order valence-corrected chi connectivity index (χ1v) is 11.8. The lowest BCUT2D eigenvalue weighted by Crippen LogP contribution is -2.76. The highest BCUT2D eigenvalue weighted by molar-refractivity contribution is 5.47. The minimum atomic E-state index is -0.769. The van der Waals surface area contributed by atoms with Crippen molar-refractivity contribution >= 4 is 0 Å². The summed E-state index contributed by atoms with van der Waals surface area (Å²) in [4.78, 5) is 2.61. The molecule has 3 fully saturated rings. The van der Waals surface area contributed by atoms with E-state index in [2.05, 4.69) is 49.2 Å². The highest BCUT2D eigenvalue weighted by atomic mass is 16.3. The number of nitrogens with one attached hydrogen (secondary N) is 1. The third kappa shape index (κ3) is 3.18. The van der Waals surface area contributed by atoms with Crippen LogP contribution in [-0.4, -0.2) is 58.5 Å². The van der Waals surface area contributed by atoms with Crippen LogP contribution in [0.3, 0.4) is 0 Å². The molecule has 1 aromatic rings. The zero-order valence-corrected chi connectivity index (χ0v) is 18.3. The van der Waals surface area contributed by atoms with E-state index in [4.69, 9.17) is 0 Å². The Morgan fingerprint density at radius 2 is 2.03 bits per heavy atom. The first-order chi connectivity index (χ1) is 13.8. The predicted octanol–water partition coefficient (Wildman–Crippen LogP) is 2.77. The summed E-state index contributed by atoms with van der Waals surface area (Å²) in [5, 5.41) is 27.2. The third-order valence-electron chi connectivity index (χ3n) is 8.37. The summed E-state index contributed by atoms with van der Waals surface area (Å²) in [7, 11) is 0. The van der Waals surface area contributed by atoms with E-state index < -0.39 is 11.7 Å². The number of aliphatic hydroxyl groups is 2. The summed E-state index contributed by atoms with van der Waals surface area (Å²) in [6.45, 7) is 9.62. The maximum Gasteiger partial charge on any atom is 0.0918 e. The summed E-state index contributed by atoms with van der Waals surface area (Å²) >= 11 is 0. The molecule has 3 aliphatic carbocycles. The Morgan fingerprint density at radius 3 is 2.76 bits per heavy atom. The molecule has 160 valence electrons. The summed E-state index contributed by atoms with van der Waals surface area (Å²) in [6.07, 6.45) is 5.50. The quantitative estimate of drug-likeness (QED) is 0.714. The van der Waals surface area contributed by atoms with Crippen molar-refractivity contribution in [3.63, 3.8) is 0 Å². The lowest BCUT2D eigenvalue weighted by atomic mass is 9.48. The minimum Gasteiger partial charge on any atom is -0.391 e. The van der Waals surface area contributed by atoms with Crippen molar-refractivity contribution < 1.29 is 10.2 Å². The van der Waals surface area contributed by atoms with Crippen LogP contribution in [0.15, 0.2) is 18.2 Å². The van der Waals surface area contributed by atoms with E-state index in [-0.39, 0.29) is 17.5 Å². The Balaban J connectivity index is 1.55. The number of likely N-dealkylation sites (tertiary alicyclic amines) is 1. The topological polar surface area (TPSA) is 55.7 Å². The first-order valence-electron chi connectivity index (χ1n) is 11.8. The molecule has 1 saturated heterocycles. The number of rotatable bonds is 5. The van der Waals surface area contributed by atoms with E-state index in [1.165, 1.54) is 29.5 Å². The Labute approximate surface area is 175 Å². The Bertz CT molecular complexity index is 776. The molecule has 2 saturated carbocycles. The number of piperidine rings is 1. The number of nitrogens with zero attached hydrogens (tertiary/aromatic N) is 1. The van der Waals surface area contributed by atoms with E-state index in [0.29, 0.717) is 18.8 Å².